The molecule has 0 amide bonds. The zero-order valence-corrected chi connectivity index (χ0v) is 14.7. The number of hydrogen-bond acceptors (Lipinski definition) is 5. The third kappa shape index (κ3) is 5.42. The fourth-order valence-electron chi connectivity index (χ4n) is 2.23. The van der Waals surface area contributed by atoms with Gasteiger partial charge in [-0.2, -0.15) is 0 Å². The monoisotopic (exact) mass is 369 g/mol. The van der Waals surface area contributed by atoms with Crippen LogP contribution in [0.25, 0.3) is 0 Å². The first-order chi connectivity index (χ1) is 11.8. The Bertz CT molecular complexity index is 808. The fourth-order valence-corrected chi connectivity index (χ4v) is 3.38. The summed E-state index contributed by atoms with van der Waals surface area (Å²) in [6.07, 6.45) is -1.05. The first-order valence-corrected chi connectivity index (χ1v) is 9.11. The molecule has 2 aromatic rings. The van der Waals surface area contributed by atoms with E-state index in [4.69, 9.17) is 9.47 Å². The summed E-state index contributed by atoms with van der Waals surface area (Å²) in [5.74, 6) is 0.216. The first kappa shape index (κ1) is 19.2. The lowest BCUT2D eigenvalue weighted by Crippen LogP contribution is -2.29. The molecule has 0 aliphatic carbocycles. The normalized spacial score (nSPS) is 12.6. The van der Waals surface area contributed by atoms with Gasteiger partial charge in [-0.05, 0) is 35.4 Å². The molecular formula is C17H20FNO5S. The van der Waals surface area contributed by atoms with E-state index in [1.54, 1.807) is 18.2 Å². The molecule has 0 fully saturated rings. The molecule has 0 saturated heterocycles. The Balaban J connectivity index is 2.00. The zero-order chi connectivity index (χ0) is 18.4. The highest BCUT2D eigenvalue weighted by Crippen LogP contribution is 2.29. The summed E-state index contributed by atoms with van der Waals surface area (Å²) in [5.41, 5.74) is 0.941. The second-order valence-corrected chi connectivity index (χ2v) is 7.17. The number of hydrogen-bond donors (Lipinski definition) is 2. The third-order valence-corrected chi connectivity index (χ3v) is 4.88. The van der Waals surface area contributed by atoms with Gasteiger partial charge in [-0.25, -0.2) is 17.5 Å². The van der Waals surface area contributed by atoms with Gasteiger partial charge in [0.2, 0.25) is 10.0 Å². The number of halogens is 1. The number of aliphatic hydroxyl groups is 1. The van der Waals surface area contributed by atoms with Gasteiger partial charge in [0.1, 0.15) is 5.82 Å². The van der Waals surface area contributed by atoms with Crippen LogP contribution in [0.1, 0.15) is 17.2 Å². The van der Waals surface area contributed by atoms with E-state index in [2.05, 4.69) is 4.72 Å². The van der Waals surface area contributed by atoms with Gasteiger partial charge in [-0.3, -0.25) is 0 Å². The maximum Gasteiger partial charge on any atom is 0.215 e. The number of rotatable bonds is 8. The Hall–Kier alpha value is -2.16. The highest BCUT2D eigenvalue weighted by molar-refractivity contribution is 7.88. The van der Waals surface area contributed by atoms with Crippen LogP contribution in [0.4, 0.5) is 4.39 Å². The van der Waals surface area contributed by atoms with Crippen molar-refractivity contribution in [1.82, 2.24) is 4.72 Å². The second-order valence-electron chi connectivity index (χ2n) is 5.36. The molecule has 6 nitrogen and oxygen atoms in total. The van der Waals surface area contributed by atoms with E-state index < -0.39 is 21.9 Å². The number of aliphatic hydroxyl groups excluding tert-OH is 1. The average molecular weight is 369 g/mol. The molecule has 0 spiro atoms. The van der Waals surface area contributed by atoms with Crippen molar-refractivity contribution in [1.29, 1.82) is 0 Å². The van der Waals surface area contributed by atoms with Crippen LogP contribution >= 0.6 is 0 Å². The third-order valence-electron chi connectivity index (χ3n) is 3.56. The highest BCUT2D eigenvalue weighted by atomic mass is 32.2. The number of benzene rings is 2. The molecule has 8 heteroatoms. The number of ether oxygens (including phenoxy) is 2. The molecule has 0 aliphatic rings. The number of sulfonamides is 1. The van der Waals surface area contributed by atoms with Gasteiger partial charge < -0.3 is 14.6 Å². The Labute approximate surface area is 146 Å². The predicted molar refractivity (Wildman–Crippen MR) is 91.5 cm³/mol. The average Bonchev–Trinajstić information content (AvgIpc) is 2.61. The molecule has 2 aromatic carbocycles. The van der Waals surface area contributed by atoms with Crippen LogP contribution in [-0.2, 0) is 15.8 Å². The van der Waals surface area contributed by atoms with Gasteiger partial charge >= 0.3 is 0 Å². The number of nitrogens with one attached hydrogen (secondary N) is 1. The van der Waals surface area contributed by atoms with E-state index in [0.29, 0.717) is 22.6 Å². The molecule has 0 aliphatic heterocycles. The Morgan fingerprint density at radius 1 is 1.08 bits per heavy atom. The summed E-state index contributed by atoms with van der Waals surface area (Å²) in [6, 6.07) is 10.0. The smallest absolute Gasteiger partial charge is 0.215 e. The minimum Gasteiger partial charge on any atom is -0.493 e. The van der Waals surface area contributed by atoms with Crippen LogP contribution in [-0.4, -0.2) is 34.3 Å². The lowest BCUT2D eigenvalue weighted by molar-refractivity contribution is 0.181. The van der Waals surface area contributed by atoms with Gasteiger partial charge in [-0.15, -0.1) is 0 Å². The standard InChI is InChI=1S/C17H20FNO5S/c1-23-16-8-5-13(9-17(16)24-2)15(20)10-19-25(21,22)11-12-3-6-14(18)7-4-12/h3-9,15,19-20H,10-11H2,1-2H3. The van der Waals surface area contributed by atoms with E-state index in [1.165, 1.54) is 38.5 Å². The molecule has 1 atom stereocenters. The van der Waals surface area contributed by atoms with E-state index in [0.717, 1.165) is 0 Å². The molecular weight excluding hydrogens is 349 g/mol. The fraction of sp³-hybridized carbons (Fsp3) is 0.294. The topological polar surface area (TPSA) is 84.9 Å². The molecule has 0 aromatic heterocycles. The van der Waals surface area contributed by atoms with Crippen LogP contribution in [0.5, 0.6) is 11.5 Å². The molecule has 2 rings (SSSR count). The molecule has 0 radical (unpaired) electrons. The quantitative estimate of drug-likeness (QED) is 0.743. The summed E-state index contributed by atoms with van der Waals surface area (Å²) in [7, 11) is -0.698. The van der Waals surface area contributed by atoms with Crippen molar-refractivity contribution in [2.24, 2.45) is 0 Å². The predicted octanol–water partition coefficient (Wildman–Crippen LogP) is 2.00. The van der Waals surface area contributed by atoms with E-state index in [-0.39, 0.29) is 12.3 Å². The zero-order valence-electron chi connectivity index (χ0n) is 13.9. The van der Waals surface area contributed by atoms with Crippen molar-refractivity contribution in [2.75, 3.05) is 20.8 Å². The molecule has 2 N–H and O–H groups in total. The summed E-state index contributed by atoms with van der Waals surface area (Å²) >= 11 is 0. The van der Waals surface area contributed by atoms with Gasteiger partial charge in [0, 0.05) is 6.54 Å². The Morgan fingerprint density at radius 3 is 2.32 bits per heavy atom. The van der Waals surface area contributed by atoms with Gasteiger partial charge in [0.05, 0.1) is 26.1 Å². The Morgan fingerprint density at radius 2 is 1.72 bits per heavy atom. The summed E-state index contributed by atoms with van der Waals surface area (Å²) in [6.45, 7) is -0.195. The summed E-state index contributed by atoms with van der Waals surface area (Å²) in [5, 5.41) is 10.2. The van der Waals surface area contributed by atoms with Crippen molar-refractivity contribution in [3.05, 3.63) is 59.4 Å². The largest absolute Gasteiger partial charge is 0.493 e. The van der Waals surface area contributed by atoms with Crippen molar-refractivity contribution in [3.8, 4) is 11.5 Å². The van der Waals surface area contributed by atoms with Gasteiger partial charge in [0.15, 0.2) is 11.5 Å². The number of methoxy groups -OCH3 is 2. The van der Waals surface area contributed by atoms with Crippen LogP contribution in [0, 0.1) is 5.82 Å². The molecule has 0 bridgehead atoms. The molecule has 1 unspecified atom stereocenters. The van der Waals surface area contributed by atoms with E-state index in [1.807, 2.05) is 0 Å². The van der Waals surface area contributed by atoms with E-state index >= 15 is 0 Å². The molecule has 136 valence electrons. The minimum atomic E-state index is -3.67. The highest BCUT2D eigenvalue weighted by Gasteiger charge is 2.16. The van der Waals surface area contributed by atoms with Crippen molar-refractivity contribution in [2.45, 2.75) is 11.9 Å². The van der Waals surface area contributed by atoms with Crippen molar-refractivity contribution < 1.29 is 27.4 Å². The van der Waals surface area contributed by atoms with Crippen LogP contribution in [0.15, 0.2) is 42.5 Å². The van der Waals surface area contributed by atoms with Gasteiger partial charge in [-0.1, -0.05) is 18.2 Å². The summed E-state index contributed by atoms with van der Waals surface area (Å²) in [4.78, 5) is 0. The van der Waals surface area contributed by atoms with Crippen molar-refractivity contribution in [3.63, 3.8) is 0 Å². The molecule has 0 saturated carbocycles. The van der Waals surface area contributed by atoms with Crippen molar-refractivity contribution >= 4 is 10.0 Å². The summed E-state index contributed by atoms with van der Waals surface area (Å²) < 4.78 is 49.6. The maximum absolute atomic E-state index is 12.9. The molecule has 0 heterocycles. The lowest BCUT2D eigenvalue weighted by atomic mass is 10.1. The second kappa shape index (κ2) is 8.28. The van der Waals surface area contributed by atoms with Gasteiger partial charge in [0.25, 0.3) is 0 Å². The molecule has 25 heavy (non-hydrogen) atoms. The van der Waals surface area contributed by atoms with Crippen LogP contribution in [0.3, 0.4) is 0 Å². The Kier molecular flexibility index (Phi) is 6.35. The maximum atomic E-state index is 12.9. The van der Waals surface area contributed by atoms with Crippen LogP contribution < -0.4 is 14.2 Å². The minimum absolute atomic E-state index is 0.195. The van der Waals surface area contributed by atoms with Crippen LogP contribution in [0.2, 0.25) is 0 Å². The van der Waals surface area contributed by atoms with E-state index in [9.17, 15) is 17.9 Å². The SMILES string of the molecule is COc1ccc(C(O)CNS(=O)(=O)Cc2ccc(F)cc2)cc1OC. The lowest BCUT2D eigenvalue weighted by Gasteiger charge is -2.15. The first-order valence-electron chi connectivity index (χ1n) is 7.46.